The predicted octanol–water partition coefficient (Wildman–Crippen LogP) is 2.84. The standard InChI is InChI=1S/C17H15FN2O/c1-16(21,15-7-6-13(18)10-20-15)17(11-19)9-8-12-4-2-3-5-14(12)17/h2-7,10,21H,8-9H2,1H3. The van der Waals surface area contributed by atoms with Gasteiger partial charge in [-0.2, -0.15) is 5.26 Å². The SMILES string of the molecule is CC(O)(c1ccc(F)cn1)C1(C#N)CCc2ccccc21. The van der Waals surface area contributed by atoms with Crippen molar-refractivity contribution in [1.29, 1.82) is 5.26 Å². The predicted molar refractivity (Wildman–Crippen MR) is 75.8 cm³/mol. The van der Waals surface area contributed by atoms with Crippen LogP contribution in [0.15, 0.2) is 42.6 Å². The number of pyridine rings is 1. The molecule has 1 N–H and O–H groups in total. The normalized spacial score (nSPS) is 23.1. The molecule has 1 aromatic heterocycles. The van der Waals surface area contributed by atoms with Crippen molar-refractivity contribution < 1.29 is 9.50 Å². The number of hydrogen-bond acceptors (Lipinski definition) is 3. The van der Waals surface area contributed by atoms with Crippen LogP contribution in [0, 0.1) is 17.1 Å². The zero-order chi connectivity index (χ0) is 15.1. The molecule has 0 radical (unpaired) electrons. The second-order valence-electron chi connectivity index (χ2n) is 5.61. The number of aryl methyl sites for hydroxylation is 1. The van der Waals surface area contributed by atoms with Crippen LogP contribution < -0.4 is 0 Å². The molecule has 106 valence electrons. The summed E-state index contributed by atoms with van der Waals surface area (Å²) < 4.78 is 13.1. The largest absolute Gasteiger partial charge is 0.382 e. The van der Waals surface area contributed by atoms with Crippen molar-refractivity contribution in [1.82, 2.24) is 4.98 Å². The van der Waals surface area contributed by atoms with Gasteiger partial charge >= 0.3 is 0 Å². The Bertz CT molecular complexity index is 718. The zero-order valence-electron chi connectivity index (χ0n) is 11.7. The van der Waals surface area contributed by atoms with Gasteiger partial charge in [0.15, 0.2) is 0 Å². The molecule has 4 heteroatoms. The van der Waals surface area contributed by atoms with E-state index in [1.54, 1.807) is 6.92 Å². The zero-order valence-corrected chi connectivity index (χ0v) is 11.7. The molecule has 1 heterocycles. The Labute approximate surface area is 122 Å². The Balaban J connectivity index is 2.17. The summed E-state index contributed by atoms with van der Waals surface area (Å²) in [5.41, 5.74) is -0.330. The number of fused-ring (bicyclic) bond motifs is 1. The molecule has 2 unspecified atom stereocenters. The van der Waals surface area contributed by atoms with Crippen LogP contribution in [0.1, 0.15) is 30.2 Å². The van der Waals surface area contributed by atoms with Crippen molar-refractivity contribution in [3.8, 4) is 6.07 Å². The van der Waals surface area contributed by atoms with Crippen LogP contribution >= 0.6 is 0 Å². The number of aliphatic hydroxyl groups is 1. The van der Waals surface area contributed by atoms with Crippen molar-refractivity contribution in [3.63, 3.8) is 0 Å². The van der Waals surface area contributed by atoms with Gasteiger partial charge in [-0.1, -0.05) is 24.3 Å². The van der Waals surface area contributed by atoms with Gasteiger partial charge in [0.2, 0.25) is 0 Å². The van der Waals surface area contributed by atoms with Crippen LogP contribution in [-0.2, 0) is 17.4 Å². The van der Waals surface area contributed by atoms with Crippen molar-refractivity contribution in [3.05, 3.63) is 65.2 Å². The molecular weight excluding hydrogens is 267 g/mol. The summed E-state index contributed by atoms with van der Waals surface area (Å²) in [6, 6.07) is 12.6. The van der Waals surface area contributed by atoms with Gasteiger partial charge in [0, 0.05) is 0 Å². The second kappa shape index (κ2) is 4.64. The highest BCUT2D eigenvalue weighted by molar-refractivity contribution is 5.48. The Kier molecular flexibility index (Phi) is 3.03. The van der Waals surface area contributed by atoms with Gasteiger partial charge in [0.05, 0.1) is 18.0 Å². The molecule has 0 amide bonds. The molecule has 0 saturated carbocycles. The topological polar surface area (TPSA) is 56.9 Å². The lowest BCUT2D eigenvalue weighted by atomic mass is 9.68. The minimum atomic E-state index is -1.48. The number of nitrogens with zero attached hydrogens (tertiary/aromatic N) is 2. The molecule has 21 heavy (non-hydrogen) atoms. The van der Waals surface area contributed by atoms with E-state index in [0.717, 1.165) is 23.7 Å². The van der Waals surface area contributed by atoms with E-state index < -0.39 is 16.8 Å². The van der Waals surface area contributed by atoms with Crippen LogP contribution in [0.4, 0.5) is 4.39 Å². The lowest BCUT2D eigenvalue weighted by molar-refractivity contribution is -0.00819. The fraction of sp³-hybridized carbons (Fsp3) is 0.294. The first-order chi connectivity index (χ1) is 10.0. The Hall–Kier alpha value is -2.25. The van der Waals surface area contributed by atoms with Gasteiger partial charge in [-0.3, -0.25) is 4.98 Å². The van der Waals surface area contributed by atoms with E-state index >= 15 is 0 Å². The molecule has 2 aromatic rings. The maximum atomic E-state index is 13.1. The average molecular weight is 282 g/mol. The summed E-state index contributed by atoms with van der Waals surface area (Å²) in [6.07, 6.45) is 2.33. The molecule has 2 atom stereocenters. The summed E-state index contributed by atoms with van der Waals surface area (Å²) in [6.45, 7) is 1.58. The molecule has 0 saturated heterocycles. The number of rotatable bonds is 2. The fourth-order valence-electron chi connectivity index (χ4n) is 3.22. The van der Waals surface area contributed by atoms with E-state index in [0.29, 0.717) is 12.1 Å². The molecule has 3 nitrogen and oxygen atoms in total. The molecule has 0 spiro atoms. The summed E-state index contributed by atoms with van der Waals surface area (Å²) in [7, 11) is 0. The van der Waals surface area contributed by atoms with Gasteiger partial charge in [-0.15, -0.1) is 0 Å². The van der Waals surface area contributed by atoms with Crippen LogP contribution in [-0.4, -0.2) is 10.1 Å². The number of benzene rings is 1. The molecule has 1 aliphatic rings. The van der Waals surface area contributed by atoms with E-state index in [9.17, 15) is 14.8 Å². The lowest BCUT2D eigenvalue weighted by Gasteiger charge is -2.37. The van der Waals surface area contributed by atoms with E-state index in [1.165, 1.54) is 12.1 Å². The smallest absolute Gasteiger partial charge is 0.141 e. The summed E-state index contributed by atoms with van der Waals surface area (Å²) in [4.78, 5) is 3.98. The van der Waals surface area contributed by atoms with E-state index in [4.69, 9.17) is 0 Å². The summed E-state index contributed by atoms with van der Waals surface area (Å²) in [5, 5.41) is 20.9. The van der Waals surface area contributed by atoms with E-state index in [-0.39, 0.29) is 0 Å². The number of nitriles is 1. The summed E-state index contributed by atoms with van der Waals surface area (Å²) >= 11 is 0. The highest BCUT2D eigenvalue weighted by Gasteiger charge is 2.54. The molecule has 1 aromatic carbocycles. The quantitative estimate of drug-likeness (QED) is 0.921. The van der Waals surface area contributed by atoms with Crippen LogP contribution in [0.5, 0.6) is 0 Å². The van der Waals surface area contributed by atoms with E-state index in [2.05, 4.69) is 11.1 Å². The first kappa shape index (κ1) is 13.7. The third kappa shape index (κ3) is 1.85. The first-order valence-electron chi connectivity index (χ1n) is 6.85. The molecule has 3 rings (SSSR count). The number of halogens is 1. The highest BCUT2D eigenvalue weighted by Crippen LogP contribution is 2.49. The van der Waals surface area contributed by atoms with Gasteiger partial charge < -0.3 is 5.11 Å². The average Bonchev–Trinajstić information content (AvgIpc) is 2.88. The van der Waals surface area contributed by atoms with Crippen molar-refractivity contribution in [2.75, 3.05) is 0 Å². The van der Waals surface area contributed by atoms with Gasteiger partial charge in [-0.05, 0) is 43.0 Å². The Morgan fingerprint density at radius 2 is 2.10 bits per heavy atom. The fourth-order valence-corrected chi connectivity index (χ4v) is 3.22. The number of aromatic nitrogens is 1. The molecular formula is C17H15FN2O. The van der Waals surface area contributed by atoms with E-state index in [1.807, 2.05) is 24.3 Å². The minimum Gasteiger partial charge on any atom is -0.382 e. The second-order valence-corrected chi connectivity index (χ2v) is 5.61. The molecule has 0 fully saturated rings. The van der Waals surface area contributed by atoms with Crippen molar-refractivity contribution in [2.45, 2.75) is 30.8 Å². The Morgan fingerprint density at radius 3 is 2.76 bits per heavy atom. The maximum Gasteiger partial charge on any atom is 0.141 e. The molecule has 1 aliphatic carbocycles. The minimum absolute atomic E-state index is 0.308. The molecule has 0 aliphatic heterocycles. The maximum absolute atomic E-state index is 13.1. The third-order valence-electron chi connectivity index (χ3n) is 4.49. The summed E-state index contributed by atoms with van der Waals surface area (Å²) in [5.74, 6) is -0.465. The van der Waals surface area contributed by atoms with Crippen molar-refractivity contribution >= 4 is 0 Å². The third-order valence-corrected chi connectivity index (χ3v) is 4.49. The first-order valence-corrected chi connectivity index (χ1v) is 6.85. The van der Waals surface area contributed by atoms with Crippen LogP contribution in [0.2, 0.25) is 0 Å². The lowest BCUT2D eigenvalue weighted by Crippen LogP contribution is -2.45. The van der Waals surface area contributed by atoms with Gasteiger partial charge in [0.25, 0.3) is 0 Å². The monoisotopic (exact) mass is 282 g/mol. The van der Waals surface area contributed by atoms with Crippen molar-refractivity contribution in [2.24, 2.45) is 0 Å². The van der Waals surface area contributed by atoms with Gasteiger partial charge in [0.1, 0.15) is 16.8 Å². The van der Waals surface area contributed by atoms with Crippen LogP contribution in [0.25, 0.3) is 0 Å². The molecule has 0 bridgehead atoms. The number of hydrogen-bond donors (Lipinski definition) is 1. The van der Waals surface area contributed by atoms with Crippen LogP contribution in [0.3, 0.4) is 0 Å². The highest BCUT2D eigenvalue weighted by atomic mass is 19.1. The Morgan fingerprint density at radius 1 is 1.33 bits per heavy atom. The van der Waals surface area contributed by atoms with Gasteiger partial charge in [-0.25, -0.2) is 4.39 Å².